The molecular formula is C24H32N6O9S. The van der Waals surface area contributed by atoms with Crippen LogP contribution in [0.2, 0.25) is 0 Å². The molecule has 218 valence electrons. The number of guanidine groups is 1. The average Bonchev–Trinajstić information content (AvgIpc) is 2.88. The normalized spacial score (nSPS) is 10.6. The number of rotatable bonds is 11. The Balaban J connectivity index is 1.99. The van der Waals surface area contributed by atoms with E-state index in [1.54, 1.807) is 39.8 Å². The highest BCUT2D eigenvalue weighted by Crippen LogP contribution is 2.15. The van der Waals surface area contributed by atoms with E-state index < -0.39 is 46.2 Å². The largest absolute Gasteiger partial charge is 0.450 e. The van der Waals surface area contributed by atoms with Crippen LogP contribution in [0.15, 0.2) is 51.2 Å². The second-order valence-electron chi connectivity index (χ2n) is 8.02. The first-order chi connectivity index (χ1) is 19.0. The number of aryl methyl sites for hydroxylation is 2. The van der Waals surface area contributed by atoms with Gasteiger partial charge in [0, 0.05) is 5.69 Å². The number of nitrogens with one attached hydrogen (secondary N) is 4. The summed E-state index contributed by atoms with van der Waals surface area (Å²) in [6, 6.07) is 9.05. The van der Waals surface area contributed by atoms with Crippen molar-refractivity contribution in [3.8, 4) is 0 Å². The molecule has 15 nitrogen and oxygen atoms in total. The molecule has 0 aliphatic heterocycles. The molecule has 2 rings (SSSR count). The number of alkyl carbamates (subject to hydrolysis) is 2. The maximum absolute atomic E-state index is 12.9. The molecule has 2 aromatic rings. The number of nitrogens with zero attached hydrogens (tertiary/aromatic N) is 2. The van der Waals surface area contributed by atoms with Crippen molar-refractivity contribution >= 4 is 39.8 Å². The number of amides is 3. The number of aromatic nitrogens is 1. The lowest BCUT2D eigenvalue weighted by Gasteiger charge is -2.14. The van der Waals surface area contributed by atoms with Crippen LogP contribution in [0.3, 0.4) is 0 Å². The summed E-state index contributed by atoms with van der Waals surface area (Å²) in [7, 11) is -4.03. The zero-order chi connectivity index (χ0) is 29.7. The maximum Gasteiger partial charge on any atom is 0.414 e. The second-order valence-corrected chi connectivity index (χ2v) is 9.70. The van der Waals surface area contributed by atoms with Crippen LogP contribution >= 0.6 is 0 Å². The fourth-order valence-corrected chi connectivity index (χ4v) is 4.24. The number of carbonyl (C=O) groups excluding carboxylic acids is 3. The van der Waals surface area contributed by atoms with Crippen LogP contribution in [0.1, 0.15) is 25.1 Å². The minimum absolute atomic E-state index is 0.00232. The molecule has 1 heterocycles. The van der Waals surface area contributed by atoms with E-state index in [-0.39, 0.29) is 36.9 Å². The second kappa shape index (κ2) is 15.1. The van der Waals surface area contributed by atoms with Crippen molar-refractivity contribution in [3.63, 3.8) is 0 Å². The van der Waals surface area contributed by atoms with E-state index >= 15 is 0 Å². The van der Waals surface area contributed by atoms with Crippen molar-refractivity contribution in [1.29, 1.82) is 0 Å². The van der Waals surface area contributed by atoms with Gasteiger partial charge in [0.1, 0.15) is 18.8 Å². The zero-order valence-corrected chi connectivity index (χ0v) is 23.3. The summed E-state index contributed by atoms with van der Waals surface area (Å²) in [6.45, 7) is 6.05. The van der Waals surface area contributed by atoms with Gasteiger partial charge in [-0.15, -0.1) is 0 Å². The first-order valence-corrected chi connectivity index (χ1v) is 13.6. The van der Waals surface area contributed by atoms with E-state index in [0.717, 1.165) is 10.1 Å². The molecule has 0 aliphatic rings. The maximum atomic E-state index is 12.9. The summed E-state index contributed by atoms with van der Waals surface area (Å²) in [5.74, 6) is -0.957. The van der Waals surface area contributed by atoms with Crippen molar-refractivity contribution < 1.29 is 37.1 Å². The number of anilines is 1. The van der Waals surface area contributed by atoms with Gasteiger partial charge in [-0.1, -0.05) is 12.1 Å². The molecule has 16 heteroatoms. The number of carbonyl (C=O) groups is 3. The van der Waals surface area contributed by atoms with Gasteiger partial charge < -0.3 is 24.2 Å². The van der Waals surface area contributed by atoms with Crippen LogP contribution in [0.5, 0.6) is 0 Å². The highest BCUT2D eigenvalue weighted by Gasteiger charge is 2.18. The van der Waals surface area contributed by atoms with E-state index in [1.807, 2.05) is 0 Å². The summed E-state index contributed by atoms with van der Waals surface area (Å²) in [4.78, 5) is 53.6. The zero-order valence-electron chi connectivity index (χ0n) is 22.5. The van der Waals surface area contributed by atoms with Crippen LogP contribution in [-0.4, -0.2) is 63.4 Å². The quantitative estimate of drug-likeness (QED) is 0.130. The van der Waals surface area contributed by atoms with Crippen LogP contribution in [-0.2, 0) is 35.7 Å². The summed E-state index contributed by atoms with van der Waals surface area (Å²) in [5.41, 5.74) is 0.247. The van der Waals surface area contributed by atoms with Gasteiger partial charge in [0.05, 0.1) is 24.7 Å². The number of sulfonamides is 1. The average molecular weight is 581 g/mol. The third-order valence-corrected chi connectivity index (χ3v) is 6.26. The van der Waals surface area contributed by atoms with E-state index in [9.17, 15) is 27.6 Å². The molecule has 0 saturated carbocycles. The summed E-state index contributed by atoms with van der Waals surface area (Å²) in [6.07, 6.45) is -1.78. The molecule has 0 fully saturated rings. The molecule has 40 heavy (non-hydrogen) atoms. The monoisotopic (exact) mass is 580 g/mol. The van der Waals surface area contributed by atoms with Gasteiger partial charge in [0.2, 0.25) is 5.91 Å². The molecule has 3 amide bonds. The third-order valence-electron chi connectivity index (χ3n) is 4.90. The molecule has 1 aromatic carbocycles. The molecule has 0 saturated heterocycles. The van der Waals surface area contributed by atoms with Gasteiger partial charge in [-0.2, -0.15) is 0 Å². The Morgan fingerprint density at radius 2 is 1.62 bits per heavy atom. The standard InChI is InChI=1S/C24H32N6O9S/c1-5-37-23(33)26-22(27-24(34)38-6-2)28-39-13-12-25-20(31)15-30-17(4)10-11-19(21(30)32)29-40(35,36)18-9-7-8-16(3)14-18/h7-11,14,29H,5-6,12-13,15H2,1-4H3,(H,25,31)(H2,26,27,28,33,34). The van der Waals surface area contributed by atoms with Gasteiger partial charge in [-0.3, -0.25) is 24.9 Å². The first-order valence-electron chi connectivity index (χ1n) is 12.1. The van der Waals surface area contributed by atoms with E-state index in [0.29, 0.717) is 5.69 Å². The molecule has 4 N–H and O–H groups in total. The molecule has 0 atom stereocenters. The Morgan fingerprint density at radius 3 is 2.23 bits per heavy atom. The van der Waals surface area contributed by atoms with Gasteiger partial charge >= 0.3 is 12.2 Å². The topological polar surface area (TPSA) is 196 Å². The van der Waals surface area contributed by atoms with Crippen LogP contribution in [0, 0.1) is 13.8 Å². The molecule has 0 radical (unpaired) electrons. The lowest BCUT2D eigenvalue weighted by molar-refractivity contribution is -0.122. The minimum atomic E-state index is -4.03. The van der Waals surface area contributed by atoms with Crippen molar-refractivity contribution in [3.05, 3.63) is 58.0 Å². The molecule has 0 bridgehead atoms. The van der Waals surface area contributed by atoms with Crippen molar-refractivity contribution in [1.82, 2.24) is 20.5 Å². The fourth-order valence-electron chi connectivity index (χ4n) is 3.08. The van der Waals surface area contributed by atoms with Gasteiger partial charge in [0.25, 0.3) is 21.5 Å². The van der Waals surface area contributed by atoms with Crippen LogP contribution in [0.25, 0.3) is 0 Å². The Morgan fingerprint density at radius 1 is 0.975 bits per heavy atom. The van der Waals surface area contributed by atoms with Crippen molar-refractivity contribution in [2.24, 2.45) is 5.16 Å². The SMILES string of the molecule is CCOC(=O)NC(=NOCCNC(=O)Cn1c(C)ccc(NS(=O)(=O)c2cccc(C)c2)c1=O)NC(=O)OCC. The number of ether oxygens (including phenoxy) is 2. The number of hydrogen-bond acceptors (Lipinski definition) is 10. The van der Waals surface area contributed by atoms with Gasteiger partial charge in [0.15, 0.2) is 0 Å². The molecule has 0 aliphatic carbocycles. The van der Waals surface area contributed by atoms with Gasteiger partial charge in [-0.05, 0) is 62.7 Å². The summed E-state index contributed by atoms with van der Waals surface area (Å²) in [5, 5.41) is 10.4. The Bertz CT molecular complexity index is 1380. The lowest BCUT2D eigenvalue weighted by atomic mass is 10.2. The lowest BCUT2D eigenvalue weighted by Crippen LogP contribution is -2.44. The van der Waals surface area contributed by atoms with Crippen molar-refractivity contribution in [2.45, 2.75) is 39.1 Å². The number of hydrogen-bond donors (Lipinski definition) is 4. The van der Waals surface area contributed by atoms with E-state index in [4.69, 9.17) is 14.3 Å². The number of oxime groups is 1. The number of benzene rings is 1. The van der Waals surface area contributed by atoms with Gasteiger partial charge in [-0.25, -0.2) is 18.0 Å². The van der Waals surface area contributed by atoms with Crippen LogP contribution in [0.4, 0.5) is 15.3 Å². The van der Waals surface area contributed by atoms with Crippen molar-refractivity contribution in [2.75, 3.05) is 31.1 Å². The highest BCUT2D eigenvalue weighted by atomic mass is 32.2. The molecule has 1 aromatic heterocycles. The Kier molecular flexibility index (Phi) is 11.9. The third kappa shape index (κ3) is 9.94. The molecule has 0 spiro atoms. The Labute approximate surface area is 230 Å². The van der Waals surface area contributed by atoms with E-state index in [1.165, 1.54) is 24.3 Å². The predicted molar refractivity (Wildman–Crippen MR) is 144 cm³/mol. The van der Waals surface area contributed by atoms with Crippen LogP contribution < -0.4 is 26.2 Å². The highest BCUT2D eigenvalue weighted by molar-refractivity contribution is 7.92. The first kappa shape index (κ1) is 31.6. The Hall–Kier alpha value is -4.60. The molecule has 0 unspecified atom stereocenters. The molecular weight excluding hydrogens is 548 g/mol. The van der Waals surface area contributed by atoms with E-state index in [2.05, 4.69) is 25.8 Å². The summed E-state index contributed by atoms with van der Waals surface area (Å²) >= 11 is 0. The number of pyridine rings is 1. The summed E-state index contributed by atoms with van der Waals surface area (Å²) < 4.78 is 38.3. The smallest absolute Gasteiger partial charge is 0.414 e. The fraction of sp³-hybridized carbons (Fsp3) is 0.375. The predicted octanol–water partition coefficient (Wildman–Crippen LogP) is 1.16. The minimum Gasteiger partial charge on any atom is -0.450 e.